The molecule has 3 heterocycles. The summed E-state index contributed by atoms with van der Waals surface area (Å²) < 4.78 is 11.5. The fraction of sp³-hybridized carbons (Fsp3) is 0.455. The SMILES string of the molecule is CC(C)N1CCN(c2ccc(C3=COC=C(CC4=CC=CCC4)O3)nn2)CC1. The highest BCUT2D eigenvalue weighted by molar-refractivity contribution is 5.57. The minimum atomic E-state index is 0.591. The van der Waals surface area contributed by atoms with Gasteiger partial charge < -0.3 is 14.4 Å². The lowest BCUT2D eigenvalue weighted by Gasteiger charge is -2.37. The van der Waals surface area contributed by atoms with Crippen molar-refractivity contribution in [3.63, 3.8) is 0 Å². The van der Waals surface area contributed by atoms with Gasteiger partial charge >= 0.3 is 0 Å². The van der Waals surface area contributed by atoms with Crippen LogP contribution >= 0.6 is 0 Å². The predicted molar refractivity (Wildman–Crippen MR) is 110 cm³/mol. The first-order valence-electron chi connectivity index (χ1n) is 10.1. The first-order valence-corrected chi connectivity index (χ1v) is 10.1. The van der Waals surface area contributed by atoms with E-state index in [1.807, 2.05) is 12.1 Å². The number of anilines is 1. The molecule has 6 nitrogen and oxygen atoms in total. The summed E-state index contributed by atoms with van der Waals surface area (Å²) in [5.74, 6) is 2.32. The lowest BCUT2D eigenvalue weighted by atomic mass is 10.0. The van der Waals surface area contributed by atoms with E-state index in [4.69, 9.17) is 9.47 Å². The van der Waals surface area contributed by atoms with E-state index in [9.17, 15) is 0 Å². The molecule has 3 aliphatic rings. The van der Waals surface area contributed by atoms with Gasteiger partial charge in [0.2, 0.25) is 0 Å². The number of aromatic nitrogens is 2. The Morgan fingerprint density at radius 1 is 1.07 bits per heavy atom. The maximum Gasteiger partial charge on any atom is 0.189 e. The predicted octanol–water partition coefficient (Wildman–Crippen LogP) is 3.86. The van der Waals surface area contributed by atoms with Crippen LogP contribution in [0.15, 0.2) is 54.2 Å². The number of rotatable bonds is 5. The van der Waals surface area contributed by atoms with E-state index < -0.39 is 0 Å². The topological polar surface area (TPSA) is 50.7 Å². The van der Waals surface area contributed by atoms with Crippen LogP contribution in [0.4, 0.5) is 5.82 Å². The second kappa shape index (κ2) is 8.61. The minimum absolute atomic E-state index is 0.591. The van der Waals surface area contributed by atoms with Crippen LogP contribution in [-0.2, 0) is 9.47 Å². The molecule has 0 amide bonds. The molecule has 148 valence electrons. The summed E-state index contributed by atoms with van der Waals surface area (Å²) in [4.78, 5) is 4.78. The average Bonchev–Trinajstić information content (AvgIpc) is 2.75. The van der Waals surface area contributed by atoms with Gasteiger partial charge in [0.05, 0.1) is 0 Å². The van der Waals surface area contributed by atoms with Crippen LogP contribution in [0, 0.1) is 0 Å². The molecule has 0 spiro atoms. The Morgan fingerprint density at radius 3 is 2.61 bits per heavy atom. The first kappa shape index (κ1) is 18.7. The molecule has 0 unspecified atom stereocenters. The Kier molecular flexibility index (Phi) is 5.76. The van der Waals surface area contributed by atoms with E-state index in [-0.39, 0.29) is 0 Å². The molecule has 0 saturated carbocycles. The molecule has 4 rings (SSSR count). The lowest BCUT2D eigenvalue weighted by molar-refractivity contribution is 0.209. The Morgan fingerprint density at radius 2 is 1.93 bits per heavy atom. The van der Waals surface area contributed by atoms with Gasteiger partial charge in [0.25, 0.3) is 0 Å². The number of piperazine rings is 1. The van der Waals surface area contributed by atoms with Crippen molar-refractivity contribution in [1.82, 2.24) is 15.1 Å². The van der Waals surface area contributed by atoms with Crippen molar-refractivity contribution in [3.05, 3.63) is 59.9 Å². The zero-order chi connectivity index (χ0) is 19.3. The van der Waals surface area contributed by atoms with Crippen molar-refractivity contribution >= 4 is 11.6 Å². The molecule has 1 aromatic rings. The Labute approximate surface area is 166 Å². The minimum Gasteiger partial charge on any atom is -0.465 e. The van der Waals surface area contributed by atoms with Crippen LogP contribution < -0.4 is 4.90 Å². The molecule has 28 heavy (non-hydrogen) atoms. The van der Waals surface area contributed by atoms with Crippen LogP contribution in [0.2, 0.25) is 0 Å². The Hall–Kier alpha value is -2.60. The van der Waals surface area contributed by atoms with Gasteiger partial charge in [0, 0.05) is 38.6 Å². The molecule has 0 atom stereocenters. The molecule has 0 radical (unpaired) electrons. The molecule has 0 bridgehead atoms. The number of hydrogen-bond donors (Lipinski definition) is 0. The third-order valence-corrected chi connectivity index (χ3v) is 5.39. The van der Waals surface area contributed by atoms with Crippen LogP contribution in [0.25, 0.3) is 5.76 Å². The summed E-state index contributed by atoms with van der Waals surface area (Å²) in [5, 5.41) is 8.81. The van der Waals surface area contributed by atoms with Crippen molar-refractivity contribution in [3.8, 4) is 0 Å². The van der Waals surface area contributed by atoms with Gasteiger partial charge in [-0.05, 0) is 38.8 Å². The van der Waals surface area contributed by atoms with E-state index in [1.165, 1.54) is 5.57 Å². The van der Waals surface area contributed by atoms with Crippen molar-refractivity contribution in [2.24, 2.45) is 0 Å². The van der Waals surface area contributed by atoms with Crippen LogP contribution in [0.1, 0.15) is 38.8 Å². The normalized spacial score (nSPS) is 20.2. The smallest absolute Gasteiger partial charge is 0.189 e. The van der Waals surface area contributed by atoms with Crippen LogP contribution in [-0.4, -0.2) is 47.3 Å². The van der Waals surface area contributed by atoms with Crippen molar-refractivity contribution < 1.29 is 9.47 Å². The summed E-state index contributed by atoms with van der Waals surface area (Å²) in [6.07, 6.45) is 12.6. The second-order valence-corrected chi connectivity index (χ2v) is 7.67. The molecule has 1 fully saturated rings. The molecule has 1 aromatic heterocycles. The highest BCUT2D eigenvalue weighted by Crippen LogP contribution is 2.28. The highest BCUT2D eigenvalue weighted by Gasteiger charge is 2.21. The van der Waals surface area contributed by atoms with Gasteiger partial charge in [0.1, 0.15) is 24.0 Å². The second-order valence-electron chi connectivity index (χ2n) is 7.67. The van der Waals surface area contributed by atoms with Crippen molar-refractivity contribution in [2.75, 3.05) is 31.1 Å². The Bertz CT molecular complexity index is 800. The summed E-state index contributed by atoms with van der Waals surface area (Å²) in [7, 11) is 0. The quantitative estimate of drug-likeness (QED) is 0.773. The summed E-state index contributed by atoms with van der Waals surface area (Å²) in [6.45, 7) is 8.56. The van der Waals surface area contributed by atoms with Gasteiger partial charge in [-0.25, -0.2) is 0 Å². The summed E-state index contributed by atoms with van der Waals surface area (Å²) >= 11 is 0. The monoisotopic (exact) mass is 380 g/mol. The van der Waals surface area contributed by atoms with E-state index in [0.717, 1.165) is 57.0 Å². The fourth-order valence-corrected chi connectivity index (χ4v) is 3.67. The van der Waals surface area contributed by atoms with Gasteiger partial charge in [-0.2, -0.15) is 0 Å². The highest BCUT2D eigenvalue weighted by atomic mass is 16.5. The molecule has 6 heteroatoms. The summed E-state index contributed by atoms with van der Waals surface area (Å²) in [6, 6.07) is 4.57. The number of ether oxygens (including phenoxy) is 2. The number of allylic oxidation sites excluding steroid dienone is 4. The average molecular weight is 380 g/mol. The van der Waals surface area contributed by atoms with Crippen LogP contribution in [0.3, 0.4) is 0 Å². The van der Waals surface area contributed by atoms with Crippen LogP contribution in [0.5, 0.6) is 0 Å². The molecular weight excluding hydrogens is 352 g/mol. The van der Waals surface area contributed by atoms with Gasteiger partial charge in [-0.1, -0.05) is 23.8 Å². The largest absolute Gasteiger partial charge is 0.465 e. The third kappa shape index (κ3) is 4.44. The van der Waals surface area contributed by atoms with E-state index in [1.54, 1.807) is 12.5 Å². The Balaban J connectivity index is 1.36. The molecule has 0 N–H and O–H groups in total. The molecular formula is C22H28N4O2. The fourth-order valence-electron chi connectivity index (χ4n) is 3.67. The number of hydrogen-bond acceptors (Lipinski definition) is 6. The zero-order valence-electron chi connectivity index (χ0n) is 16.7. The molecule has 2 aliphatic heterocycles. The first-order chi connectivity index (χ1) is 13.7. The third-order valence-electron chi connectivity index (χ3n) is 5.39. The van der Waals surface area contributed by atoms with Gasteiger partial charge in [-0.3, -0.25) is 4.90 Å². The summed E-state index contributed by atoms with van der Waals surface area (Å²) in [5.41, 5.74) is 2.04. The standard InChI is InChI=1S/C22H28N4O2/c1-17(2)25-10-12-26(13-11-25)22-9-8-20(23-24-22)21-16-27-15-19(28-21)14-18-6-4-3-5-7-18/h3-4,6,8-9,15-17H,5,7,10-14H2,1-2H3. The van der Waals surface area contributed by atoms with E-state index >= 15 is 0 Å². The van der Waals surface area contributed by atoms with Gasteiger partial charge in [-0.15, -0.1) is 10.2 Å². The molecule has 1 aliphatic carbocycles. The number of nitrogens with zero attached hydrogens (tertiary/aromatic N) is 4. The molecule has 1 saturated heterocycles. The zero-order valence-corrected chi connectivity index (χ0v) is 16.7. The lowest BCUT2D eigenvalue weighted by Crippen LogP contribution is -2.49. The van der Waals surface area contributed by atoms with E-state index in [2.05, 4.69) is 52.1 Å². The van der Waals surface area contributed by atoms with Crippen molar-refractivity contribution in [2.45, 2.75) is 39.2 Å². The van der Waals surface area contributed by atoms with Gasteiger partial charge in [0.15, 0.2) is 11.6 Å². The molecule has 0 aromatic carbocycles. The van der Waals surface area contributed by atoms with Crippen molar-refractivity contribution in [1.29, 1.82) is 0 Å². The van der Waals surface area contributed by atoms with E-state index in [0.29, 0.717) is 17.5 Å². The maximum atomic E-state index is 6.01. The maximum absolute atomic E-state index is 6.01.